The van der Waals surface area contributed by atoms with Gasteiger partial charge in [-0.3, -0.25) is 0 Å². The quantitative estimate of drug-likeness (QED) is 0.900. The van der Waals surface area contributed by atoms with Gasteiger partial charge in [0.25, 0.3) is 0 Å². The molecule has 0 fully saturated rings. The van der Waals surface area contributed by atoms with Crippen molar-refractivity contribution in [2.75, 3.05) is 7.05 Å². The lowest BCUT2D eigenvalue weighted by molar-refractivity contribution is 0.510. The molecule has 0 saturated heterocycles. The highest BCUT2D eigenvalue weighted by atomic mass is 79.9. The van der Waals surface area contributed by atoms with E-state index >= 15 is 0 Å². The summed E-state index contributed by atoms with van der Waals surface area (Å²) in [5.74, 6) is 0.225. The van der Waals surface area contributed by atoms with Gasteiger partial charge in [-0.1, -0.05) is 0 Å². The molecule has 0 aliphatic heterocycles. The van der Waals surface area contributed by atoms with Crippen LogP contribution in [0.2, 0.25) is 0 Å². The molecule has 0 spiro atoms. The van der Waals surface area contributed by atoms with Gasteiger partial charge < -0.3 is 9.73 Å². The molecule has 1 heterocycles. The van der Waals surface area contributed by atoms with E-state index in [9.17, 15) is 4.39 Å². The number of oxazole rings is 1. The average Bonchev–Trinajstić information content (AvgIpc) is 2.48. The van der Waals surface area contributed by atoms with Crippen LogP contribution in [0.15, 0.2) is 21.0 Å². The summed E-state index contributed by atoms with van der Waals surface area (Å²) < 4.78 is 19.0. The maximum absolute atomic E-state index is 13.0. The number of nitrogens with one attached hydrogen (secondary N) is 1. The first kappa shape index (κ1) is 9.61. The number of hydrogen-bond acceptors (Lipinski definition) is 3. The second-order valence-electron chi connectivity index (χ2n) is 2.87. The molecule has 2 aromatic rings. The highest BCUT2D eigenvalue weighted by Crippen LogP contribution is 2.25. The lowest BCUT2D eigenvalue weighted by Gasteiger charge is -1.91. The second kappa shape index (κ2) is 3.67. The van der Waals surface area contributed by atoms with Crippen LogP contribution < -0.4 is 5.32 Å². The number of benzene rings is 1. The summed E-state index contributed by atoms with van der Waals surface area (Å²) in [5.41, 5.74) is 1.11. The van der Waals surface area contributed by atoms with E-state index in [-0.39, 0.29) is 5.82 Å². The van der Waals surface area contributed by atoms with E-state index in [1.165, 1.54) is 12.1 Å². The zero-order chi connectivity index (χ0) is 10.1. The van der Waals surface area contributed by atoms with Crippen molar-refractivity contribution in [3.63, 3.8) is 0 Å². The summed E-state index contributed by atoms with van der Waals surface area (Å²) in [4.78, 5) is 4.12. The molecule has 0 aliphatic carbocycles. The third-order valence-corrected chi connectivity index (χ3v) is 2.37. The first-order valence-electron chi connectivity index (χ1n) is 4.10. The molecule has 0 saturated carbocycles. The van der Waals surface area contributed by atoms with Crippen LogP contribution in [0.4, 0.5) is 4.39 Å². The molecular formula is C9H8BrFN2O. The van der Waals surface area contributed by atoms with Crippen LogP contribution in [0.1, 0.15) is 5.89 Å². The average molecular weight is 259 g/mol. The van der Waals surface area contributed by atoms with Gasteiger partial charge in [0, 0.05) is 6.07 Å². The van der Waals surface area contributed by atoms with E-state index in [0.717, 1.165) is 0 Å². The van der Waals surface area contributed by atoms with Gasteiger partial charge in [-0.15, -0.1) is 0 Å². The fourth-order valence-electron chi connectivity index (χ4n) is 1.23. The number of rotatable bonds is 2. The predicted molar refractivity (Wildman–Crippen MR) is 54.4 cm³/mol. The number of halogens is 2. The van der Waals surface area contributed by atoms with Crippen LogP contribution in [0.5, 0.6) is 0 Å². The van der Waals surface area contributed by atoms with Gasteiger partial charge in [0.15, 0.2) is 5.58 Å². The van der Waals surface area contributed by atoms with E-state index < -0.39 is 0 Å². The largest absolute Gasteiger partial charge is 0.438 e. The summed E-state index contributed by atoms with van der Waals surface area (Å²) in [7, 11) is 1.80. The van der Waals surface area contributed by atoms with Crippen molar-refractivity contribution < 1.29 is 8.81 Å². The smallest absolute Gasteiger partial charge is 0.209 e. The third kappa shape index (κ3) is 1.65. The van der Waals surface area contributed by atoms with Crippen molar-refractivity contribution in [1.82, 2.24) is 10.3 Å². The van der Waals surface area contributed by atoms with Crippen molar-refractivity contribution in [2.24, 2.45) is 0 Å². The Morgan fingerprint density at radius 1 is 1.57 bits per heavy atom. The second-order valence-corrected chi connectivity index (χ2v) is 3.73. The summed E-state index contributed by atoms with van der Waals surface area (Å²) in [5, 5.41) is 2.91. The molecule has 14 heavy (non-hydrogen) atoms. The van der Waals surface area contributed by atoms with Crippen LogP contribution in [0.25, 0.3) is 11.1 Å². The highest BCUT2D eigenvalue weighted by Gasteiger charge is 2.09. The maximum Gasteiger partial charge on any atom is 0.209 e. The molecule has 1 aromatic carbocycles. The Labute approximate surface area is 88.4 Å². The molecule has 5 heteroatoms. The topological polar surface area (TPSA) is 38.1 Å². The summed E-state index contributed by atoms with van der Waals surface area (Å²) in [6.07, 6.45) is 0. The van der Waals surface area contributed by atoms with Crippen LogP contribution >= 0.6 is 15.9 Å². The number of aromatic nitrogens is 1. The third-order valence-electron chi connectivity index (χ3n) is 1.78. The van der Waals surface area contributed by atoms with Crippen LogP contribution in [0.3, 0.4) is 0 Å². The summed E-state index contributed by atoms with van der Waals surface area (Å²) in [6, 6.07) is 2.71. The molecule has 0 unspecified atom stereocenters. The Kier molecular flexibility index (Phi) is 2.52. The van der Waals surface area contributed by atoms with Crippen molar-refractivity contribution in [3.05, 3.63) is 28.3 Å². The van der Waals surface area contributed by atoms with E-state index in [2.05, 4.69) is 26.2 Å². The minimum atomic E-state index is -0.325. The lowest BCUT2D eigenvalue weighted by atomic mass is 10.3. The number of nitrogens with zero attached hydrogens (tertiary/aromatic N) is 1. The van der Waals surface area contributed by atoms with Gasteiger partial charge in [-0.2, -0.15) is 0 Å². The standard InChI is InChI=1S/C9H8BrFN2O/c1-12-4-8-13-7-3-5(11)2-6(10)9(7)14-8/h2-3,12H,4H2,1H3. The van der Waals surface area contributed by atoms with E-state index in [1.807, 2.05) is 0 Å². The van der Waals surface area contributed by atoms with Gasteiger partial charge in [-0.25, -0.2) is 9.37 Å². The molecule has 0 radical (unpaired) electrons. The van der Waals surface area contributed by atoms with Gasteiger partial charge in [0.1, 0.15) is 11.3 Å². The first-order chi connectivity index (χ1) is 6.70. The molecule has 3 nitrogen and oxygen atoms in total. The molecule has 74 valence electrons. The van der Waals surface area contributed by atoms with Gasteiger partial charge in [0.05, 0.1) is 11.0 Å². The van der Waals surface area contributed by atoms with Crippen molar-refractivity contribution in [1.29, 1.82) is 0 Å². The van der Waals surface area contributed by atoms with Crippen LogP contribution in [0, 0.1) is 5.82 Å². The van der Waals surface area contributed by atoms with Crippen molar-refractivity contribution in [2.45, 2.75) is 6.54 Å². The zero-order valence-corrected chi connectivity index (χ0v) is 9.06. The molecule has 1 aromatic heterocycles. The van der Waals surface area contributed by atoms with E-state index in [0.29, 0.717) is 28.0 Å². The minimum absolute atomic E-state index is 0.325. The fraction of sp³-hybridized carbons (Fsp3) is 0.222. The Balaban J connectivity index is 2.58. The first-order valence-corrected chi connectivity index (χ1v) is 4.89. The Bertz CT molecular complexity index is 469. The van der Waals surface area contributed by atoms with Gasteiger partial charge in [-0.05, 0) is 29.0 Å². The molecule has 2 rings (SSSR count). The van der Waals surface area contributed by atoms with E-state index in [1.54, 1.807) is 7.05 Å². The molecule has 0 aliphatic rings. The molecule has 0 bridgehead atoms. The van der Waals surface area contributed by atoms with Crippen LogP contribution in [-0.2, 0) is 6.54 Å². The molecular weight excluding hydrogens is 251 g/mol. The number of hydrogen-bond donors (Lipinski definition) is 1. The Morgan fingerprint density at radius 3 is 3.07 bits per heavy atom. The minimum Gasteiger partial charge on any atom is -0.438 e. The zero-order valence-electron chi connectivity index (χ0n) is 7.47. The van der Waals surface area contributed by atoms with Gasteiger partial charge in [0.2, 0.25) is 5.89 Å². The van der Waals surface area contributed by atoms with Crippen LogP contribution in [-0.4, -0.2) is 12.0 Å². The van der Waals surface area contributed by atoms with Gasteiger partial charge >= 0.3 is 0 Å². The monoisotopic (exact) mass is 258 g/mol. The molecule has 0 atom stereocenters. The SMILES string of the molecule is CNCc1nc2cc(F)cc(Br)c2o1. The highest BCUT2D eigenvalue weighted by molar-refractivity contribution is 9.10. The predicted octanol–water partition coefficient (Wildman–Crippen LogP) is 2.45. The van der Waals surface area contributed by atoms with Crippen molar-refractivity contribution in [3.8, 4) is 0 Å². The maximum atomic E-state index is 13.0. The summed E-state index contributed by atoms with van der Waals surface area (Å²) in [6.45, 7) is 0.530. The Morgan fingerprint density at radius 2 is 2.36 bits per heavy atom. The summed E-state index contributed by atoms with van der Waals surface area (Å²) >= 11 is 3.22. The molecule has 0 amide bonds. The van der Waals surface area contributed by atoms with Crippen molar-refractivity contribution >= 4 is 27.0 Å². The number of fused-ring (bicyclic) bond motifs is 1. The molecule has 1 N–H and O–H groups in total. The fourth-order valence-corrected chi connectivity index (χ4v) is 1.74. The normalized spacial score (nSPS) is 11.1. The Hall–Kier alpha value is -0.940. The van der Waals surface area contributed by atoms with E-state index in [4.69, 9.17) is 4.42 Å². The lowest BCUT2D eigenvalue weighted by Crippen LogP contribution is -2.04.